The van der Waals surface area contributed by atoms with E-state index in [0.29, 0.717) is 16.9 Å². The number of phenolic OH excluding ortho intramolecular Hbond substituents is 1. The molecule has 2 aliphatic rings. The summed E-state index contributed by atoms with van der Waals surface area (Å²) < 4.78 is 12.3. The van der Waals surface area contributed by atoms with Gasteiger partial charge in [-0.05, 0) is 30.5 Å². The van der Waals surface area contributed by atoms with Gasteiger partial charge in [-0.2, -0.15) is 0 Å². The van der Waals surface area contributed by atoms with Gasteiger partial charge < -0.3 is 19.9 Å². The van der Waals surface area contributed by atoms with E-state index in [1.807, 2.05) is 4.68 Å². The summed E-state index contributed by atoms with van der Waals surface area (Å²) in [5.74, 6) is 0.334. The van der Waals surface area contributed by atoms with E-state index in [0.717, 1.165) is 25.7 Å². The number of carbonyl (C=O) groups is 1. The molecule has 27 heavy (non-hydrogen) atoms. The van der Waals surface area contributed by atoms with Crippen LogP contribution in [-0.4, -0.2) is 35.0 Å². The third-order valence-electron chi connectivity index (χ3n) is 5.55. The lowest BCUT2D eigenvalue weighted by Crippen LogP contribution is -2.27. The first-order valence-electron chi connectivity index (χ1n) is 9.12. The van der Waals surface area contributed by atoms with Crippen molar-refractivity contribution in [3.05, 3.63) is 33.6 Å². The number of nitrogens with zero attached hydrogens (tertiary/aromatic N) is 1. The number of aromatic amines is 1. The van der Waals surface area contributed by atoms with Gasteiger partial charge >= 0.3 is 0 Å². The van der Waals surface area contributed by atoms with Crippen LogP contribution < -0.4 is 20.3 Å². The SMILES string of the molecule is COc1cc(C2CC(=O)Nc3c2c(=O)[nH]n3C2CCCC2)cc(OC)c1O. The second-order valence-corrected chi connectivity index (χ2v) is 7.09. The van der Waals surface area contributed by atoms with E-state index in [2.05, 4.69) is 10.4 Å². The number of carbonyl (C=O) groups excluding carboxylic acids is 1. The Morgan fingerprint density at radius 2 is 1.74 bits per heavy atom. The number of hydrogen-bond donors (Lipinski definition) is 3. The summed E-state index contributed by atoms with van der Waals surface area (Å²) in [6.45, 7) is 0. The standard InChI is InChI=1S/C19H23N3O5/c1-26-13-7-10(8-14(27-2)17(13)24)12-9-15(23)20-18-16(12)19(25)21-22(18)11-5-3-4-6-11/h7-8,11-12,24H,3-6,9H2,1-2H3,(H,20,23)(H,21,25). The number of H-pyrrole nitrogens is 1. The van der Waals surface area contributed by atoms with Crippen molar-refractivity contribution in [1.29, 1.82) is 0 Å². The number of phenols is 1. The van der Waals surface area contributed by atoms with Crippen molar-refractivity contribution in [3.63, 3.8) is 0 Å². The van der Waals surface area contributed by atoms with Gasteiger partial charge in [0.2, 0.25) is 11.7 Å². The van der Waals surface area contributed by atoms with Crippen molar-refractivity contribution in [2.45, 2.75) is 44.1 Å². The number of amides is 1. The second-order valence-electron chi connectivity index (χ2n) is 7.09. The minimum Gasteiger partial charge on any atom is -0.502 e. The van der Waals surface area contributed by atoms with E-state index < -0.39 is 5.92 Å². The van der Waals surface area contributed by atoms with Crippen molar-refractivity contribution in [2.75, 3.05) is 19.5 Å². The van der Waals surface area contributed by atoms with Crippen LogP contribution in [-0.2, 0) is 4.79 Å². The molecule has 2 aromatic rings. The molecular weight excluding hydrogens is 350 g/mol. The van der Waals surface area contributed by atoms with Gasteiger partial charge in [-0.15, -0.1) is 0 Å². The third kappa shape index (κ3) is 2.85. The molecular formula is C19H23N3O5. The number of methoxy groups -OCH3 is 2. The second kappa shape index (κ2) is 6.68. The Bertz CT molecular complexity index is 914. The Morgan fingerprint density at radius 3 is 2.33 bits per heavy atom. The highest BCUT2D eigenvalue weighted by Crippen LogP contribution is 2.44. The lowest BCUT2D eigenvalue weighted by atomic mass is 9.86. The van der Waals surface area contributed by atoms with Crippen LogP contribution in [0.1, 0.15) is 55.2 Å². The average molecular weight is 373 g/mol. The fraction of sp³-hybridized carbons (Fsp3) is 0.474. The summed E-state index contributed by atoms with van der Waals surface area (Å²) in [6.07, 6.45) is 4.34. The first kappa shape index (κ1) is 17.5. The molecule has 8 heteroatoms. The van der Waals surface area contributed by atoms with E-state index in [4.69, 9.17) is 9.47 Å². The number of aromatic nitrogens is 2. The largest absolute Gasteiger partial charge is 0.502 e. The summed E-state index contributed by atoms with van der Waals surface area (Å²) in [5.41, 5.74) is 1.02. The third-order valence-corrected chi connectivity index (χ3v) is 5.55. The van der Waals surface area contributed by atoms with Crippen LogP contribution >= 0.6 is 0 Å². The van der Waals surface area contributed by atoms with Gasteiger partial charge in [0.1, 0.15) is 5.82 Å². The molecule has 1 fully saturated rings. The van der Waals surface area contributed by atoms with Crippen molar-refractivity contribution in [3.8, 4) is 17.2 Å². The average Bonchev–Trinajstić information content (AvgIpc) is 3.29. The molecule has 1 aliphatic carbocycles. The number of rotatable bonds is 4. The minimum absolute atomic E-state index is 0.110. The highest BCUT2D eigenvalue weighted by atomic mass is 16.5. The fourth-order valence-corrected chi connectivity index (χ4v) is 4.22. The Kier molecular flexibility index (Phi) is 4.33. The Morgan fingerprint density at radius 1 is 1.11 bits per heavy atom. The molecule has 1 saturated carbocycles. The molecule has 1 aromatic carbocycles. The molecule has 1 aromatic heterocycles. The van der Waals surface area contributed by atoms with E-state index in [1.54, 1.807) is 12.1 Å². The van der Waals surface area contributed by atoms with Gasteiger partial charge in [0.05, 0.1) is 25.8 Å². The van der Waals surface area contributed by atoms with Crippen LogP contribution in [0.3, 0.4) is 0 Å². The quantitative estimate of drug-likeness (QED) is 0.764. The molecule has 0 radical (unpaired) electrons. The van der Waals surface area contributed by atoms with E-state index in [1.165, 1.54) is 14.2 Å². The first-order chi connectivity index (χ1) is 13.0. The lowest BCUT2D eigenvalue weighted by Gasteiger charge is -2.25. The first-order valence-corrected chi connectivity index (χ1v) is 9.12. The maximum absolute atomic E-state index is 12.8. The van der Waals surface area contributed by atoms with Crippen LogP contribution in [0.4, 0.5) is 5.82 Å². The Hall–Kier alpha value is -2.90. The molecule has 1 unspecified atom stereocenters. The van der Waals surface area contributed by atoms with Crippen LogP contribution in [0.5, 0.6) is 17.2 Å². The van der Waals surface area contributed by atoms with Crippen molar-refractivity contribution < 1.29 is 19.4 Å². The van der Waals surface area contributed by atoms with Gasteiger partial charge in [0.25, 0.3) is 5.56 Å². The summed E-state index contributed by atoms with van der Waals surface area (Å²) in [7, 11) is 2.89. The molecule has 4 rings (SSSR count). The molecule has 1 atom stereocenters. The molecule has 2 heterocycles. The normalized spacial score (nSPS) is 19.6. The number of benzene rings is 1. The maximum atomic E-state index is 12.8. The summed E-state index contributed by atoms with van der Waals surface area (Å²) in [5, 5.41) is 16.0. The van der Waals surface area contributed by atoms with Crippen molar-refractivity contribution in [2.24, 2.45) is 0 Å². The number of nitrogens with one attached hydrogen (secondary N) is 2. The smallest absolute Gasteiger partial charge is 0.270 e. The maximum Gasteiger partial charge on any atom is 0.270 e. The summed E-state index contributed by atoms with van der Waals surface area (Å²) in [4.78, 5) is 25.2. The van der Waals surface area contributed by atoms with Crippen LogP contribution in [0, 0.1) is 0 Å². The molecule has 8 nitrogen and oxygen atoms in total. The van der Waals surface area contributed by atoms with E-state index >= 15 is 0 Å². The number of aromatic hydroxyl groups is 1. The molecule has 1 aliphatic heterocycles. The van der Waals surface area contributed by atoms with Gasteiger partial charge in [-0.25, -0.2) is 0 Å². The summed E-state index contributed by atoms with van der Waals surface area (Å²) >= 11 is 0. The van der Waals surface area contributed by atoms with Gasteiger partial charge in [-0.3, -0.25) is 19.4 Å². The van der Waals surface area contributed by atoms with Gasteiger partial charge in [0, 0.05) is 12.3 Å². The number of ether oxygens (including phenoxy) is 2. The van der Waals surface area contributed by atoms with Crippen LogP contribution in [0.2, 0.25) is 0 Å². The monoisotopic (exact) mass is 373 g/mol. The number of anilines is 1. The minimum atomic E-state index is -0.441. The molecule has 1 amide bonds. The molecule has 0 saturated heterocycles. The molecule has 144 valence electrons. The van der Waals surface area contributed by atoms with Crippen molar-refractivity contribution in [1.82, 2.24) is 9.78 Å². The predicted molar refractivity (Wildman–Crippen MR) is 98.9 cm³/mol. The number of hydrogen-bond acceptors (Lipinski definition) is 5. The number of fused-ring (bicyclic) bond motifs is 1. The Labute approximate surface area is 156 Å². The highest BCUT2D eigenvalue weighted by Gasteiger charge is 2.35. The Balaban J connectivity index is 1.85. The molecule has 0 spiro atoms. The predicted octanol–water partition coefficient (Wildman–Crippen LogP) is 2.49. The van der Waals surface area contributed by atoms with Gasteiger partial charge in [-0.1, -0.05) is 12.8 Å². The zero-order chi connectivity index (χ0) is 19.1. The lowest BCUT2D eigenvalue weighted by molar-refractivity contribution is -0.116. The zero-order valence-electron chi connectivity index (χ0n) is 15.4. The zero-order valence-corrected chi connectivity index (χ0v) is 15.4. The fourth-order valence-electron chi connectivity index (χ4n) is 4.22. The molecule has 3 N–H and O–H groups in total. The van der Waals surface area contributed by atoms with Crippen molar-refractivity contribution >= 4 is 11.7 Å². The summed E-state index contributed by atoms with van der Waals surface area (Å²) in [6, 6.07) is 3.50. The molecule has 0 bridgehead atoms. The topological polar surface area (TPSA) is 106 Å². The van der Waals surface area contributed by atoms with Crippen LogP contribution in [0.25, 0.3) is 0 Å². The van der Waals surface area contributed by atoms with E-state index in [9.17, 15) is 14.7 Å². The van der Waals surface area contributed by atoms with Gasteiger partial charge in [0.15, 0.2) is 11.5 Å². The highest BCUT2D eigenvalue weighted by molar-refractivity contribution is 5.94. The van der Waals surface area contributed by atoms with E-state index in [-0.39, 0.29) is 41.2 Å². The van der Waals surface area contributed by atoms with Crippen LogP contribution in [0.15, 0.2) is 16.9 Å².